The van der Waals surface area contributed by atoms with E-state index in [1.165, 1.54) is 24.3 Å². The third-order valence-electron chi connectivity index (χ3n) is 3.30. The number of hydrogen-bond acceptors (Lipinski definition) is 3. The number of alkyl halides is 3. The summed E-state index contributed by atoms with van der Waals surface area (Å²) in [5, 5.41) is 5.59. The average Bonchev–Trinajstić information content (AvgIpc) is 2.78. The van der Waals surface area contributed by atoms with E-state index < -0.39 is 11.9 Å². The first-order chi connectivity index (χ1) is 10.7. The van der Waals surface area contributed by atoms with Crippen molar-refractivity contribution in [3.05, 3.63) is 24.3 Å². The summed E-state index contributed by atoms with van der Waals surface area (Å²) in [5.74, 6) is -0.230. The zero-order valence-corrected chi connectivity index (χ0v) is 12.4. The van der Waals surface area contributed by atoms with Crippen LogP contribution >= 0.6 is 0 Å². The molecular weight excluding hydrogens is 313 g/mol. The molecule has 4 N–H and O–H groups in total. The summed E-state index contributed by atoms with van der Waals surface area (Å²) in [4.78, 5) is 15.4. The SMILES string of the molecule is CC1(CN=C(N)Nc2ccc(OC(F)(F)F)cc2)CCC(=O)N1. The monoisotopic (exact) mass is 330 g/mol. The van der Waals surface area contributed by atoms with E-state index in [9.17, 15) is 18.0 Å². The summed E-state index contributed by atoms with van der Waals surface area (Å²) in [6.45, 7) is 2.19. The van der Waals surface area contributed by atoms with Gasteiger partial charge in [0.2, 0.25) is 5.91 Å². The molecule has 0 aliphatic carbocycles. The van der Waals surface area contributed by atoms with Crippen LogP contribution in [0.15, 0.2) is 29.3 Å². The molecule has 6 nitrogen and oxygen atoms in total. The van der Waals surface area contributed by atoms with Gasteiger partial charge in [-0.1, -0.05) is 0 Å². The highest BCUT2D eigenvalue weighted by Crippen LogP contribution is 2.24. The normalized spacial score (nSPS) is 21.9. The van der Waals surface area contributed by atoms with Crippen LogP contribution in [0.3, 0.4) is 0 Å². The van der Waals surface area contributed by atoms with Gasteiger partial charge in [0.05, 0.1) is 12.1 Å². The summed E-state index contributed by atoms with van der Waals surface area (Å²) < 4.78 is 39.9. The second kappa shape index (κ2) is 6.35. The fraction of sp³-hybridized carbons (Fsp3) is 0.429. The molecule has 9 heteroatoms. The summed E-state index contributed by atoms with van der Waals surface area (Å²) in [6.07, 6.45) is -3.59. The van der Waals surface area contributed by atoms with Crippen LogP contribution in [0, 0.1) is 0 Å². The molecule has 0 spiro atoms. The quantitative estimate of drug-likeness (QED) is 0.582. The lowest BCUT2D eigenvalue weighted by atomic mass is 10.0. The highest BCUT2D eigenvalue weighted by atomic mass is 19.4. The number of guanidine groups is 1. The minimum atomic E-state index is -4.73. The van der Waals surface area contributed by atoms with Gasteiger partial charge in [-0.3, -0.25) is 9.79 Å². The van der Waals surface area contributed by atoms with Crippen molar-refractivity contribution in [2.24, 2.45) is 10.7 Å². The zero-order chi connectivity index (χ0) is 17.1. The zero-order valence-electron chi connectivity index (χ0n) is 12.4. The molecule has 1 atom stereocenters. The molecular formula is C14H17F3N4O2. The van der Waals surface area contributed by atoms with Crippen molar-refractivity contribution in [2.45, 2.75) is 31.7 Å². The molecule has 1 aliphatic heterocycles. The molecule has 0 radical (unpaired) electrons. The first kappa shape index (κ1) is 16.9. The van der Waals surface area contributed by atoms with Gasteiger partial charge in [0.25, 0.3) is 0 Å². The molecule has 0 saturated carbocycles. The number of nitrogens with zero attached hydrogens (tertiary/aromatic N) is 1. The second-order valence-electron chi connectivity index (χ2n) is 5.51. The van der Waals surface area contributed by atoms with Gasteiger partial charge in [-0.25, -0.2) is 0 Å². The number of rotatable bonds is 4. The molecule has 0 aromatic heterocycles. The van der Waals surface area contributed by atoms with E-state index in [1.54, 1.807) is 0 Å². The first-order valence-electron chi connectivity index (χ1n) is 6.89. The maximum Gasteiger partial charge on any atom is 0.573 e. The number of nitrogens with two attached hydrogens (primary N) is 1. The number of anilines is 1. The molecule has 2 rings (SSSR count). The van der Waals surface area contributed by atoms with Crippen LogP contribution in [0.2, 0.25) is 0 Å². The van der Waals surface area contributed by atoms with Gasteiger partial charge in [0.1, 0.15) is 5.75 Å². The minimum Gasteiger partial charge on any atom is -0.406 e. The smallest absolute Gasteiger partial charge is 0.406 e. The topological polar surface area (TPSA) is 88.7 Å². The number of hydrogen-bond donors (Lipinski definition) is 3. The fourth-order valence-electron chi connectivity index (χ4n) is 2.16. The molecule has 1 aromatic rings. The maximum absolute atomic E-state index is 12.1. The van der Waals surface area contributed by atoms with Crippen LogP contribution in [0.4, 0.5) is 18.9 Å². The number of halogens is 3. The van der Waals surface area contributed by atoms with Crippen molar-refractivity contribution in [1.29, 1.82) is 0 Å². The average molecular weight is 330 g/mol. The molecule has 23 heavy (non-hydrogen) atoms. The molecule has 1 fully saturated rings. The maximum atomic E-state index is 12.1. The Bertz CT molecular complexity index is 601. The van der Waals surface area contributed by atoms with Gasteiger partial charge in [-0.15, -0.1) is 13.2 Å². The van der Waals surface area contributed by atoms with Gasteiger partial charge in [-0.05, 0) is 37.6 Å². The Hall–Kier alpha value is -2.45. The lowest BCUT2D eigenvalue weighted by molar-refractivity contribution is -0.274. The highest BCUT2D eigenvalue weighted by molar-refractivity contribution is 5.92. The lowest BCUT2D eigenvalue weighted by Crippen LogP contribution is -2.42. The van der Waals surface area contributed by atoms with Gasteiger partial charge >= 0.3 is 6.36 Å². The van der Waals surface area contributed by atoms with Crippen LogP contribution < -0.4 is 21.1 Å². The number of ether oxygens (including phenoxy) is 1. The minimum absolute atomic E-state index is 0.0190. The summed E-state index contributed by atoms with van der Waals surface area (Å²) in [7, 11) is 0. The largest absolute Gasteiger partial charge is 0.573 e. The number of benzene rings is 1. The number of nitrogens with one attached hydrogen (secondary N) is 2. The van der Waals surface area contributed by atoms with Crippen LogP contribution in [0.5, 0.6) is 5.75 Å². The first-order valence-corrected chi connectivity index (χ1v) is 6.89. The predicted octanol–water partition coefficient (Wildman–Crippen LogP) is 1.98. The van der Waals surface area contributed by atoms with Crippen molar-refractivity contribution < 1.29 is 22.7 Å². The predicted molar refractivity (Wildman–Crippen MR) is 79.0 cm³/mol. The Labute approximate surface area is 130 Å². The van der Waals surface area contributed by atoms with Crippen LogP contribution in [0.25, 0.3) is 0 Å². The molecule has 1 aliphatic rings. The van der Waals surface area contributed by atoms with Crippen LogP contribution in [-0.4, -0.2) is 30.3 Å². The summed E-state index contributed by atoms with van der Waals surface area (Å²) >= 11 is 0. The number of amides is 1. The van der Waals surface area contributed by atoms with Crippen LogP contribution in [0.1, 0.15) is 19.8 Å². The molecule has 0 bridgehead atoms. The molecule has 1 heterocycles. The Morgan fingerprint density at radius 3 is 2.61 bits per heavy atom. The summed E-state index contributed by atoms with van der Waals surface area (Å²) in [6, 6.07) is 5.12. The third kappa shape index (κ3) is 5.35. The third-order valence-corrected chi connectivity index (χ3v) is 3.30. The molecule has 1 unspecified atom stereocenters. The molecule has 126 valence electrons. The fourth-order valence-corrected chi connectivity index (χ4v) is 2.16. The molecule has 1 amide bonds. The van der Waals surface area contributed by atoms with Gasteiger partial charge in [0.15, 0.2) is 5.96 Å². The van der Waals surface area contributed by atoms with Gasteiger partial charge in [0, 0.05) is 12.1 Å². The van der Waals surface area contributed by atoms with E-state index >= 15 is 0 Å². The van der Waals surface area contributed by atoms with Gasteiger partial charge < -0.3 is 21.1 Å². The number of carbonyl (C=O) groups excluding carboxylic acids is 1. The van der Waals surface area contributed by atoms with E-state index in [1.807, 2.05) is 6.92 Å². The number of aliphatic imine (C=N–C) groups is 1. The van der Waals surface area contributed by atoms with E-state index in [4.69, 9.17) is 5.73 Å². The van der Waals surface area contributed by atoms with E-state index in [0.717, 1.165) is 0 Å². The van der Waals surface area contributed by atoms with Crippen molar-refractivity contribution in [3.63, 3.8) is 0 Å². The van der Waals surface area contributed by atoms with E-state index in [-0.39, 0.29) is 17.6 Å². The Balaban J connectivity index is 1.91. The van der Waals surface area contributed by atoms with E-state index in [2.05, 4.69) is 20.4 Å². The molecule has 1 saturated heterocycles. The highest BCUT2D eigenvalue weighted by Gasteiger charge is 2.32. The van der Waals surface area contributed by atoms with E-state index in [0.29, 0.717) is 25.1 Å². The van der Waals surface area contributed by atoms with Gasteiger partial charge in [-0.2, -0.15) is 0 Å². The van der Waals surface area contributed by atoms with Crippen molar-refractivity contribution in [1.82, 2.24) is 5.32 Å². The Morgan fingerprint density at radius 1 is 1.43 bits per heavy atom. The van der Waals surface area contributed by atoms with Crippen molar-refractivity contribution in [3.8, 4) is 5.75 Å². The lowest BCUT2D eigenvalue weighted by Gasteiger charge is -2.21. The standard InChI is InChI=1S/C14H17F3N4O2/c1-13(7-6-11(22)21-13)8-19-12(18)20-9-2-4-10(5-3-9)23-14(15,16)17/h2-5H,6-8H2,1H3,(H,21,22)(H3,18,19,20). The second-order valence-corrected chi connectivity index (χ2v) is 5.51. The van der Waals surface area contributed by atoms with Crippen molar-refractivity contribution in [2.75, 3.05) is 11.9 Å². The number of carbonyl (C=O) groups is 1. The summed E-state index contributed by atoms with van der Waals surface area (Å²) in [5.41, 5.74) is 5.78. The Morgan fingerprint density at radius 2 is 2.09 bits per heavy atom. The van der Waals surface area contributed by atoms with Crippen LogP contribution in [-0.2, 0) is 4.79 Å². The van der Waals surface area contributed by atoms with Crippen molar-refractivity contribution >= 4 is 17.6 Å². The Kier molecular flexibility index (Phi) is 4.67. The molecule has 1 aromatic carbocycles.